The number of hydrogen-bond donors (Lipinski definition) is 1. The van der Waals surface area contributed by atoms with E-state index in [2.05, 4.69) is 11.7 Å². The Balaban J connectivity index is 2.60. The summed E-state index contributed by atoms with van der Waals surface area (Å²) in [7, 11) is 1.40. The molecule has 2 atom stereocenters. The zero-order chi connectivity index (χ0) is 9.14. The lowest BCUT2D eigenvalue weighted by molar-refractivity contribution is 0.116. The molecule has 12 heavy (non-hydrogen) atoms. The zero-order valence-corrected chi connectivity index (χ0v) is 7.62. The Morgan fingerprint density at radius 1 is 1.75 bits per heavy atom. The second kappa shape index (κ2) is 3.76. The van der Waals surface area contributed by atoms with Crippen molar-refractivity contribution in [3.63, 3.8) is 0 Å². The molecular formula is C8H16N2O2. The van der Waals surface area contributed by atoms with Crippen molar-refractivity contribution in [2.24, 2.45) is 11.7 Å². The van der Waals surface area contributed by atoms with Crippen molar-refractivity contribution in [3.05, 3.63) is 0 Å². The molecule has 0 bridgehead atoms. The van der Waals surface area contributed by atoms with Crippen molar-refractivity contribution >= 4 is 6.09 Å². The van der Waals surface area contributed by atoms with Gasteiger partial charge in [-0.05, 0) is 12.3 Å². The van der Waals surface area contributed by atoms with Gasteiger partial charge >= 0.3 is 6.09 Å². The summed E-state index contributed by atoms with van der Waals surface area (Å²) in [6.45, 7) is 3.41. The summed E-state index contributed by atoms with van der Waals surface area (Å²) in [5.41, 5.74) is 5.56. The molecule has 1 rings (SSSR count). The molecule has 0 aromatic heterocycles. The molecule has 1 aliphatic heterocycles. The van der Waals surface area contributed by atoms with Gasteiger partial charge in [0.2, 0.25) is 0 Å². The van der Waals surface area contributed by atoms with E-state index >= 15 is 0 Å². The predicted octanol–water partition coefficient (Wildman–Crippen LogP) is 0.422. The first-order valence-electron chi connectivity index (χ1n) is 4.25. The van der Waals surface area contributed by atoms with Crippen LogP contribution < -0.4 is 5.73 Å². The third-order valence-electron chi connectivity index (χ3n) is 2.53. The Morgan fingerprint density at radius 3 is 2.92 bits per heavy atom. The van der Waals surface area contributed by atoms with Crippen LogP contribution in [0.15, 0.2) is 0 Å². The van der Waals surface area contributed by atoms with Crippen LogP contribution >= 0.6 is 0 Å². The van der Waals surface area contributed by atoms with Gasteiger partial charge in [-0.2, -0.15) is 0 Å². The fourth-order valence-corrected chi connectivity index (χ4v) is 1.71. The first-order valence-corrected chi connectivity index (χ1v) is 4.25. The van der Waals surface area contributed by atoms with Gasteiger partial charge in [-0.25, -0.2) is 4.79 Å². The minimum atomic E-state index is -0.255. The van der Waals surface area contributed by atoms with E-state index in [4.69, 9.17) is 5.73 Å². The molecule has 1 heterocycles. The Morgan fingerprint density at radius 2 is 2.42 bits per heavy atom. The van der Waals surface area contributed by atoms with Crippen LogP contribution in [0.2, 0.25) is 0 Å². The Hall–Kier alpha value is -0.770. The highest BCUT2D eigenvalue weighted by Crippen LogP contribution is 2.23. The normalized spacial score (nSPS) is 29.1. The molecule has 0 spiro atoms. The summed E-state index contributed by atoms with van der Waals surface area (Å²) in [5.74, 6) is 0.495. The lowest BCUT2D eigenvalue weighted by atomic mass is 10.0. The van der Waals surface area contributed by atoms with Crippen LogP contribution in [-0.2, 0) is 4.74 Å². The van der Waals surface area contributed by atoms with Crippen LogP contribution in [0.25, 0.3) is 0 Å². The number of hydrogen-bond acceptors (Lipinski definition) is 3. The predicted molar refractivity (Wildman–Crippen MR) is 45.7 cm³/mol. The number of nitrogens with two attached hydrogens (primary N) is 1. The van der Waals surface area contributed by atoms with E-state index in [1.54, 1.807) is 4.90 Å². The van der Waals surface area contributed by atoms with E-state index in [9.17, 15) is 4.79 Å². The Kier molecular flexibility index (Phi) is 2.92. The second-order valence-corrected chi connectivity index (χ2v) is 3.23. The number of ether oxygens (including phenoxy) is 1. The molecule has 4 heteroatoms. The quantitative estimate of drug-likeness (QED) is 0.623. The topological polar surface area (TPSA) is 55.6 Å². The summed E-state index contributed by atoms with van der Waals surface area (Å²) >= 11 is 0. The zero-order valence-electron chi connectivity index (χ0n) is 7.62. The number of methoxy groups -OCH3 is 1. The lowest BCUT2D eigenvalue weighted by Crippen LogP contribution is -2.42. The molecule has 0 saturated carbocycles. The number of likely N-dealkylation sites (tertiary alicyclic amines) is 1. The Labute approximate surface area is 72.7 Å². The van der Waals surface area contributed by atoms with Gasteiger partial charge in [0.05, 0.1) is 7.11 Å². The van der Waals surface area contributed by atoms with Crippen LogP contribution in [-0.4, -0.2) is 37.2 Å². The number of amides is 1. The van der Waals surface area contributed by atoms with Crippen LogP contribution in [0.5, 0.6) is 0 Å². The SMILES string of the molecule is COC(=O)N1CCC(C)C1CN. The molecule has 1 aliphatic rings. The van der Waals surface area contributed by atoms with Gasteiger partial charge in [-0.3, -0.25) is 0 Å². The number of nitrogens with zero attached hydrogens (tertiary/aromatic N) is 1. The van der Waals surface area contributed by atoms with Crippen molar-refractivity contribution in [2.45, 2.75) is 19.4 Å². The highest BCUT2D eigenvalue weighted by Gasteiger charge is 2.33. The average molecular weight is 172 g/mol. The van der Waals surface area contributed by atoms with Gasteiger partial charge in [-0.15, -0.1) is 0 Å². The molecule has 4 nitrogen and oxygen atoms in total. The summed E-state index contributed by atoms with van der Waals surface area (Å²) in [5, 5.41) is 0. The number of carbonyl (C=O) groups is 1. The highest BCUT2D eigenvalue weighted by atomic mass is 16.5. The lowest BCUT2D eigenvalue weighted by Gasteiger charge is -2.23. The summed E-state index contributed by atoms with van der Waals surface area (Å²) in [6, 6.07) is 0.164. The summed E-state index contributed by atoms with van der Waals surface area (Å²) in [6.07, 6.45) is 0.770. The maximum atomic E-state index is 11.2. The van der Waals surface area contributed by atoms with Crippen molar-refractivity contribution in [2.75, 3.05) is 20.2 Å². The third-order valence-corrected chi connectivity index (χ3v) is 2.53. The Bertz CT molecular complexity index is 172. The summed E-state index contributed by atoms with van der Waals surface area (Å²) in [4.78, 5) is 12.9. The van der Waals surface area contributed by atoms with Gasteiger partial charge in [-0.1, -0.05) is 6.92 Å². The molecule has 1 fully saturated rings. The molecular weight excluding hydrogens is 156 g/mol. The van der Waals surface area contributed by atoms with E-state index in [1.807, 2.05) is 0 Å². The fourth-order valence-electron chi connectivity index (χ4n) is 1.71. The maximum absolute atomic E-state index is 11.2. The molecule has 2 N–H and O–H groups in total. The molecule has 0 aromatic carbocycles. The van der Waals surface area contributed by atoms with Crippen LogP contribution in [0, 0.1) is 5.92 Å². The van der Waals surface area contributed by atoms with Crippen molar-refractivity contribution < 1.29 is 9.53 Å². The summed E-state index contributed by atoms with van der Waals surface area (Å²) < 4.78 is 4.65. The highest BCUT2D eigenvalue weighted by molar-refractivity contribution is 5.68. The minimum Gasteiger partial charge on any atom is -0.453 e. The molecule has 1 saturated heterocycles. The van der Waals surface area contributed by atoms with Crippen LogP contribution in [0.3, 0.4) is 0 Å². The smallest absolute Gasteiger partial charge is 0.409 e. The van der Waals surface area contributed by atoms with E-state index in [1.165, 1.54) is 7.11 Å². The van der Waals surface area contributed by atoms with Gasteiger partial charge < -0.3 is 15.4 Å². The van der Waals surface area contributed by atoms with Crippen LogP contribution in [0.1, 0.15) is 13.3 Å². The van der Waals surface area contributed by atoms with Crippen molar-refractivity contribution in [3.8, 4) is 0 Å². The monoisotopic (exact) mass is 172 g/mol. The molecule has 0 aliphatic carbocycles. The molecule has 70 valence electrons. The molecule has 1 amide bonds. The van der Waals surface area contributed by atoms with Gasteiger partial charge in [0.1, 0.15) is 0 Å². The van der Waals surface area contributed by atoms with Crippen LogP contribution in [0.4, 0.5) is 4.79 Å². The third kappa shape index (κ3) is 1.53. The van der Waals surface area contributed by atoms with Gasteiger partial charge in [0.25, 0.3) is 0 Å². The molecule has 0 aromatic rings. The first-order chi connectivity index (χ1) is 5.70. The average Bonchev–Trinajstić information content (AvgIpc) is 2.45. The van der Waals surface area contributed by atoms with E-state index in [0.717, 1.165) is 13.0 Å². The van der Waals surface area contributed by atoms with E-state index in [-0.39, 0.29) is 12.1 Å². The number of carbonyl (C=O) groups excluding carboxylic acids is 1. The molecule has 2 unspecified atom stereocenters. The second-order valence-electron chi connectivity index (χ2n) is 3.23. The largest absolute Gasteiger partial charge is 0.453 e. The first kappa shape index (κ1) is 9.32. The van der Waals surface area contributed by atoms with Crippen molar-refractivity contribution in [1.82, 2.24) is 4.90 Å². The van der Waals surface area contributed by atoms with E-state index < -0.39 is 0 Å². The van der Waals surface area contributed by atoms with Gasteiger partial charge in [0.15, 0.2) is 0 Å². The van der Waals surface area contributed by atoms with Crippen molar-refractivity contribution in [1.29, 1.82) is 0 Å². The minimum absolute atomic E-state index is 0.164. The van der Waals surface area contributed by atoms with E-state index in [0.29, 0.717) is 12.5 Å². The maximum Gasteiger partial charge on any atom is 0.409 e. The van der Waals surface area contributed by atoms with Gasteiger partial charge in [0, 0.05) is 19.1 Å². The standard InChI is InChI=1S/C8H16N2O2/c1-6-3-4-10(7(6)5-9)8(11)12-2/h6-7H,3-5,9H2,1-2H3. The molecule has 0 radical (unpaired) electrons. The fraction of sp³-hybridized carbons (Fsp3) is 0.875. The number of rotatable bonds is 1.